The molecule has 0 saturated carbocycles. The first-order valence-corrected chi connectivity index (χ1v) is 8.77. The van der Waals surface area contributed by atoms with Gasteiger partial charge in [0.2, 0.25) is 0 Å². The van der Waals surface area contributed by atoms with Crippen LogP contribution in [-0.2, 0) is 0 Å². The fourth-order valence-corrected chi connectivity index (χ4v) is 3.61. The maximum absolute atomic E-state index is 12.3. The molecule has 3 rings (SSSR count). The molecule has 25 heavy (non-hydrogen) atoms. The van der Waals surface area contributed by atoms with Crippen molar-refractivity contribution in [1.29, 1.82) is 0 Å². The highest BCUT2D eigenvalue weighted by atomic mass is 35.5. The summed E-state index contributed by atoms with van der Waals surface area (Å²) in [6.45, 7) is 0. The number of nitrogens with one attached hydrogen (secondary N) is 1. The highest BCUT2D eigenvalue weighted by Crippen LogP contribution is 2.37. The van der Waals surface area contributed by atoms with Gasteiger partial charge in [0.15, 0.2) is 0 Å². The van der Waals surface area contributed by atoms with E-state index in [-0.39, 0.29) is 11.3 Å². The van der Waals surface area contributed by atoms with Gasteiger partial charge in [-0.05, 0) is 42.0 Å². The molecule has 3 aromatic rings. The smallest absolute Gasteiger partial charge is 0.339 e. The van der Waals surface area contributed by atoms with Gasteiger partial charge in [-0.25, -0.2) is 4.79 Å². The third kappa shape index (κ3) is 3.85. The molecule has 1 heterocycles. The monoisotopic (exact) mass is 391 g/mol. The summed E-state index contributed by atoms with van der Waals surface area (Å²) >= 11 is 13.0. The van der Waals surface area contributed by atoms with Crippen LogP contribution in [0.2, 0.25) is 10.0 Å². The summed E-state index contributed by atoms with van der Waals surface area (Å²) in [4.78, 5) is 24.6. The minimum absolute atomic E-state index is 0.0366. The summed E-state index contributed by atoms with van der Waals surface area (Å²) in [5.74, 6) is -1.53. The fraction of sp³-hybridized carbons (Fsp3) is 0. The van der Waals surface area contributed by atoms with Crippen molar-refractivity contribution in [3.63, 3.8) is 0 Å². The van der Waals surface area contributed by atoms with Crippen molar-refractivity contribution in [2.45, 2.75) is 0 Å². The lowest BCUT2D eigenvalue weighted by Crippen LogP contribution is -2.13. The van der Waals surface area contributed by atoms with E-state index in [1.807, 2.05) is 0 Å². The summed E-state index contributed by atoms with van der Waals surface area (Å²) in [5, 5.41) is 14.9. The Hall–Kier alpha value is -2.34. The van der Waals surface area contributed by atoms with Gasteiger partial charge in [-0.1, -0.05) is 35.3 Å². The second-order valence-electron chi connectivity index (χ2n) is 5.13. The first kappa shape index (κ1) is 17.5. The molecule has 0 bridgehead atoms. The Balaban J connectivity index is 1.96. The van der Waals surface area contributed by atoms with Crippen molar-refractivity contribution < 1.29 is 14.7 Å². The predicted molar refractivity (Wildman–Crippen MR) is 101 cm³/mol. The number of rotatable bonds is 4. The number of benzene rings is 2. The second kappa shape index (κ2) is 7.27. The number of carboxylic acids is 1. The van der Waals surface area contributed by atoms with Crippen LogP contribution in [0.4, 0.5) is 5.69 Å². The Morgan fingerprint density at radius 1 is 1.00 bits per heavy atom. The maximum atomic E-state index is 12.3. The van der Waals surface area contributed by atoms with Gasteiger partial charge in [0.1, 0.15) is 5.56 Å². The van der Waals surface area contributed by atoms with E-state index in [1.54, 1.807) is 53.9 Å². The summed E-state index contributed by atoms with van der Waals surface area (Å²) < 4.78 is 0. The second-order valence-corrected chi connectivity index (χ2v) is 6.88. The molecule has 0 atom stereocenters. The average Bonchev–Trinajstić information content (AvgIpc) is 2.99. The zero-order valence-electron chi connectivity index (χ0n) is 12.6. The van der Waals surface area contributed by atoms with Gasteiger partial charge in [-0.15, -0.1) is 11.3 Å². The molecule has 1 amide bonds. The molecular weight excluding hydrogens is 381 g/mol. The van der Waals surface area contributed by atoms with E-state index < -0.39 is 11.9 Å². The molecule has 0 spiro atoms. The number of carbonyl (C=O) groups is 2. The number of carboxylic acid groups (broad SMARTS) is 1. The molecule has 126 valence electrons. The van der Waals surface area contributed by atoms with Crippen molar-refractivity contribution in [3.8, 4) is 10.4 Å². The molecule has 0 aliphatic heterocycles. The zero-order chi connectivity index (χ0) is 18.0. The number of aromatic carboxylic acids is 1. The van der Waals surface area contributed by atoms with Crippen LogP contribution in [-0.4, -0.2) is 17.0 Å². The lowest BCUT2D eigenvalue weighted by atomic mass is 10.1. The third-order valence-electron chi connectivity index (χ3n) is 3.45. The Bertz CT molecular complexity index is 951. The number of halogens is 2. The molecule has 7 heteroatoms. The minimum atomic E-state index is -1.12. The topological polar surface area (TPSA) is 66.4 Å². The van der Waals surface area contributed by atoms with Crippen LogP contribution in [0, 0.1) is 0 Å². The van der Waals surface area contributed by atoms with E-state index in [0.717, 1.165) is 0 Å². The summed E-state index contributed by atoms with van der Waals surface area (Å²) in [6.07, 6.45) is 0. The molecule has 0 aliphatic rings. The Labute approximate surface area is 157 Å². The number of thiophene rings is 1. The van der Waals surface area contributed by atoms with Crippen LogP contribution < -0.4 is 5.32 Å². The number of hydrogen-bond acceptors (Lipinski definition) is 3. The molecule has 0 radical (unpaired) electrons. The number of amides is 1. The maximum Gasteiger partial charge on any atom is 0.339 e. The molecule has 1 aromatic heterocycles. The van der Waals surface area contributed by atoms with E-state index in [4.69, 9.17) is 23.2 Å². The average molecular weight is 392 g/mol. The molecule has 0 saturated heterocycles. The van der Waals surface area contributed by atoms with Gasteiger partial charge < -0.3 is 10.4 Å². The van der Waals surface area contributed by atoms with Crippen LogP contribution >= 0.6 is 34.5 Å². The van der Waals surface area contributed by atoms with Crippen LogP contribution in [0.1, 0.15) is 20.7 Å². The Morgan fingerprint density at radius 3 is 2.36 bits per heavy atom. The molecule has 2 aromatic carbocycles. The largest absolute Gasteiger partial charge is 0.478 e. The lowest BCUT2D eigenvalue weighted by Gasteiger charge is -2.07. The van der Waals surface area contributed by atoms with E-state index in [9.17, 15) is 14.7 Å². The quantitative estimate of drug-likeness (QED) is 0.601. The highest BCUT2D eigenvalue weighted by Gasteiger charge is 2.21. The summed E-state index contributed by atoms with van der Waals surface area (Å²) in [7, 11) is 0. The van der Waals surface area contributed by atoms with Crippen molar-refractivity contribution >= 4 is 52.1 Å². The van der Waals surface area contributed by atoms with Crippen LogP contribution in [0.3, 0.4) is 0 Å². The van der Waals surface area contributed by atoms with Gasteiger partial charge >= 0.3 is 5.97 Å². The van der Waals surface area contributed by atoms with Gasteiger partial charge in [0.25, 0.3) is 5.91 Å². The van der Waals surface area contributed by atoms with E-state index in [0.29, 0.717) is 26.0 Å². The van der Waals surface area contributed by atoms with Gasteiger partial charge in [0, 0.05) is 21.0 Å². The number of anilines is 1. The van der Waals surface area contributed by atoms with Crippen molar-refractivity contribution in [3.05, 3.63) is 75.1 Å². The number of carbonyl (C=O) groups excluding carboxylic acids is 1. The first-order valence-electron chi connectivity index (χ1n) is 7.13. The van der Waals surface area contributed by atoms with Crippen LogP contribution in [0.5, 0.6) is 0 Å². The Morgan fingerprint density at radius 2 is 1.72 bits per heavy atom. The first-order chi connectivity index (χ1) is 12.0. The van der Waals surface area contributed by atoms with Gasteiger partial charge in [-0.3, -0.25) is 4.79 Å². The minimum Gasteiger partial charge on any atom is -0.478 e. The standard InChI is InChI=1S/C18H11Cl2NO3S/c19-12-6-4-10(5-7-12)17(22)21-14-9-25-16(15(14)18(23)24)11-2-1-3-13(20)8-11/h1-9H,(H,21,22)(H,23,24). The Kier molecular flexibility index (Phi) is 5.08. The van der Waals surface area contributed by atoms with Crippen LogP contribution in [0.25, 0.3) is 10.4 Å². The molecule has 0 fully saturated rings. The molecule has 2 N–H and O–H groups in total. The van der Waals surface area contributed by atoms with E-state index >= 15 is 0 Å². The van der Waals surface area contributed by atoms with E-state index in [1.165, 1.54) is 11.3 Å². The number of hydrogen-bond donors (Lipinski definition) is 2. The van der Waals surface area contributed by atoms with Crippen molar-refractivity contribution in [2.75, 3.05) is 5.32 Å². The van der Waals surface area contributed by atoms with Crippen molar-refractivity contribution in [2.24, 2.45) is 0 Å². The lowest BCUT2D eigenvalue weighted by molar-refractivity contribution is 0.0699. The molecular formula is C18H11Cl2NO3S. The third-order valence-corrected chi connectivity index (χ3v) is 4.96. The SMILES string of the molecule is O=C(Nc1csc(-c2cccc(Cl)c2)c1C(=O)O)c1ccc(Cl)cc1. The predicted octanol–water partition coefficient (Wildman–Crippen LogP) is 5.67. The summed E-state index contributed by atoms with van der Waals surface area (Å²) in [6, 6.07) is 13.3. The highest BCUT2D eigenvalue weighted by molar-refractivity contribution is 7.14. The zero-order valence-corrected chi connectivity index (χ0v) is 15.0. The van der Waals surface area contributed by atoms with Gasteiger partial charge in [0.05, 0.1) is 10.6 Å². The van der Waals surface area contributed by atoms with Crippen LogP contribution in [0.15, 0.2) is 53.9 Å². The molecule has 4 nitrogen and oxygen atoms in total. The molecule has 0 aliphatic carbocycles. The molecule has 0 unspecified atom stereocenters. The van der Waals surface area contributed by atoms with Crippen molar-refractivity contribution in [1.82, 2.24) is 0 Å². The summed E-state index contributed by atoms with van der Waals surface area (Å²) in [5.41, 5.74) is 1.35. The van der Waals surface area contributed by atoms with E-state index in [2.05, 4.69) is 5.32 Å². The normalized spacial score (nSPS) is 10.5. The van der Waals surface area contributed by atoms with Gasteiger partial charge in [-0.2, -0.15) is 0 Å². The fourth-order valence-electron chi connectivity index (χ4n) is 2.30.